The topological polar surface area (TPSA) is 23.5 Å². The zero-order chi connectivity index (χ0) is 15.1. The first-order valence-corrected chi connectivity index (χ1v) is 8.13. The number of benzene rings is 2. The van der Waals surface area contributed by atoms with Crippen molar-refractivity contribution in [2.24, 2.45) is 0 Å². The van der Waals surface area contributed by atoms with Crippen molar-refractivity contribution in [1.82, 2.24) is 4.90 Å². The van der Waals surface area contributed by atoms with Gasteiger partial charge in [0.05, 0.1) is 6.10 Å². The minimum Gasteiger partial charge on any atom is -0.388 e. The largest absolute Gasteiger partial charge is 0.388 e. The van der Waals surface area contributed by atoms with E-state index in [0.29, 0.717) is 0 Å². The third-order valence-electron chi connectivity index (χ3n) is 3.96. The maximum atomic E-state index is 10.4. The van der Waals surface area contributed by atoms with Crippen molar-refractivity contribution in [3.05, 3.63) is 48.0 Å². The van der Waals surface area contributed by atoms with E-state index in [0.717, 1.165) is 31.6 Å². The Morgan fingerprint density at radius 3 is 2.24 bits per heavy atom. The Balaban J connectivity index is 1.99. The van der Waals surface area contributed by atoms with E-state index in [1.54, 1.807) is 0 Å². The van der Waals surface area contributed by atoms with Gasteiger partial charge in [-0.25, -0.2) is 0 Å². The molecule has 2 rings (SSSR count). The quantitative estimate of drug-likeness (QED) is 0.777. The van der Waals surface area contributed by atoms with Gasteiger partial charge in [-0.15, -0.1) is 0 Å². The normalized spacial score (nSPS) is 13.0. The van der Waals surface area contributed by atoms with Gasteiger partial charge in [0.2, 0.25) is 0 Å². The third-order valence-corrected chi connectivity index (χ3v) is 3.96. The van der Waals surface area contributed by atoms with Crippen LogP contribution < -0.4 is 0 Å². The maximum Gasteiger partial charge on any atom is 0.0802 e. The average Bonchev–Trinajstić information content (AvgIpc) is 2.52. The van der Waals surface area contributed by atoms with Gasteiger partial charge in [-0.2, -0.15) is 0 Å². The van der Waals surface area contributed by atoms with E-state index in [9.17, 15) is 5.11 Å². The van der Waals surface area contributed by atoms with Crippen LogP contribution in [-0.4, -0.2) is 29.6 Å². The van der Waals surface area contributed by atoms with Crippen LogP contribution in [0.3, 0.4) is 0 Å². The molecule has 0 aromatic heterocycles. The summed E-state index contributed by atoms with van der Waals surface area (Å²) in [6.07, 6.45) is 2.78. The Morgan fingerprint density at radius 1 is 0.905 bits per heavy atom. The highest BCUT2D eigenvalue weighted by atomic mass is 16.3. The van der Waals surface area contributed by atoms with Crippen molar-refractivity contribution in [2.45, 2.75) is 39.2 Å². The van der Waals surface area contributed by atoms with Crippen LogP contribution in [-0.2, 0) is 0 Å². The van der Waals surface area contributed by atoms with E-state index < -0.39 is 0 Å². The minimum atomic E-state index is -0.370. The van der Waals surface area contributed by atoms with Crippen molar-refractivity contribution in [3.8, 4) is 0 Å². The van der Waals surface area contributed by atoms with Gasteiger partial charge in [-0.1, -0.05) is 50.2 Å². The second-order valence-electron chi connectivity index (χ2n) is 5.75. The Hall–Kier alpha value is -1.38. The molecule has 0 saturated carbocycles. The lowest BCUT2D eigenvalue weighted by Gasteiger charge is -2.22. The average molecular weight is 285 g/mol. The molecule has 114 valence electrons. The molecule has 0 heterocycles. The molecule has 0 saturated heterocycles. The van der Waals surface area contributed by atoms with Crippen LogP contribution in [0.4, 0.5) is 0 Å². The molecule has 2 aromatic rings. The first-order chi connectivity index (χ1) is 10.2. The van der Waals surface area contributed by atoms with E-state index in [1.807, 2.05) is 12.1 Å². The van der Waals surface area contributed by atoms with Crippen molar-refractivity contribution in [3.63, 3.8) is 0 Å². The van der Waals surface area contributed by atoms with Crippen molar-refractivity contribution in [1.29, 1.82) is 0 Å². The molecular formula is C19H27NO. The molecule has 0 amide bonds. The lowest BCUT2D eigenvalue weighted by molar-refractivity contribution is 0.142. The van der Waals surface area contributed by atoms with Crippen molar-refractivity contribution in [2.75, 3.05) is 19.6 Å². The van der Waals surface area contributed by atoms with Gasteiger partial charge in [-0.05, 0) is 54.8 Å². The molecule has 0 aliphatic carbocycles. The highest BCUT2D eigenvalue weighted by Crippen LogP contribution is 2.22. The fraction of sp³-hybridized carbons (Fsp3) is 0.474. The summed E-state index contributed by atoms with van der Waals surface area (Å²) in [5.41, 5.74) is 1.03. The number of hydrogen-bond acceptors (Lipinski definition) is 2. The van der Waals surface area contributed by atoms with E-state index in [4.69, 9.17) is 0 Å². The Labute approximate surface area is 128 Å². The van der Waals surface area contributed by atoms with Gasteiger partial charge in [0.15, 0.2) is 0 Å². The van der Waals surface area contributed by atoms with Gasteiger partial charge < -0.3 is 10.0 Å². The molecule has 0 aliphatic heterocycles. The second kappa shape index (κ2) is 8.16. The summed E-state index contributed by atoms with van der Waals surface area (Å²) < 4.78 is 0. The molecule has 0 aliphatic rings. The Morgan fingerprint density at radius 2 is 1.57 bits per heavy atom. The number of aliphatic hydroxyl groups excluding tert-OH is 1. The number of nitrogens with zero attached hydrogens (tertiary/aromatic N) is 1. The standard InChI is InChI=1S/C19H27NO/c1-3-12-20(13-4-2)14-11-19(21)18-10-9-16-7-5-6-8-17(16)15-18/h5-10,15,19,21H,3-4,11-14H2,1-2H3. The fourth-order valence-corrected chi connectivity index (χ4v) is 2.85. The van der Waals surface area contributed by atoms with Crippen LogP contribution in [0.5, 0.6) is 0 Å². The van der Waals surface area contributed by atoms with Gasteiger partial charge >= 0.3 is 0 Å². The molecule has 1 unspecified atom stereocenters. The molecule has 0 fully saturated rings. The molecule has 0 radical (unpaired) electrons. The van der Waals surface area contributed by atoms with Crippen molar-refractivity contribution < 1.29 is 5.11 Å². The summed E-state index contributed by atoms with van der Waals surface area (Å²) in [6.45, 7) is 7.64. The molecule has 1 N–H and O–H groups in total. The lowest BCUT2D eigenvalue weighted by atomic mass is 10.0. The Kier molecular flexibility index (Phi) is 6.21. The van der Waals surface area contributed by atoms with Crippen molar-refractivity contribution >= 4 is 10.8 Å². The summed E-state index contributed by atoms with van der Waals surface area (Å²) in [5, 5.41) is 12.9. The van der Waals surface area contributed by atoms with Gasteiger partial charge in [0.25, 0.3) is 0 Å². The minimum absolute atomic E-state index is 0.370. The van der Waals surface area contributed by atoms with Crippen LogP contribution >= 0.6 is 0 Å². The highest BCUT2D eigenvalue weighted by Gasteiger charge is 2.11. The smallest absolute Gasteiger partial charge is 0.0802 e. The summed E-state index contributed by atoms with van der Waals surface area (Å²) in [4.78, 5) is 2.45. The SMILES string of the molecule is CCCN(CCC)CCC(O)c1ccc2ccccc2c1. The first kappa shape index (κ1) is 16.0. The molecule has 21 heavy (non-hydrogen) atoms. The molecule has 2 heteroatoms. The highest BCUT2D eigenvalue weighted by molar-refractivity contribution is 5.83. The summed E-state index contributed by atoms with van der Waals surface area (Å²) >= 11 is 0. The molecule has 2 aromatic carbocycles. The summed E-state index contributed by atoms with van der Waals surface area (Å²) in [5.74, 6) is 0. The van der Waals surface area contributed by atoms with Gasteiger partial charge in [0, 0.05) is 6.54 Å². The molecule has 0 bridgehead atoms. The second-order valence-corrected chi connectivity index (χ2v) is 5.75. The fourth-order valence-electron chi connectivity index (χ4n) is 2.85. The zero-order valence-electron chi connectivity index (χ0n) is 13.3. The van der Waals surface area contributed by atoms with Crippen LogP contribution in [0.25, 0.3) is 10.8 Å². The van der Waals surface area contributed by atoms with E-state index in [2.05, 4.69) is 49.1 Å². The monoisotopic (exact) mass is 285 g/mol. The Bertz CT molecular complexity index is 546. The number of fused-ring (bicyclic) bond motifs is 1. The molecular weight excluding hydrogens is 258 g/mol. The van der Waals surface area contributed by atoms with Crippen LogP contribution in [0.2, 0.25) is 0 Å². The number of aliphatic hydroxyl groups is 1. The molecule has 0 spiro atoms. The number of rotatable bonds is 8. The predicted octanol–water partition coefficient (Wildman–Crippen LogP) is 4.39. The van der Waals surface area contributed by atoms with Crippen LogP contribution in [0, 0.1) is 0 Å². The van der Waals surface area contributed by atoms with Gasteiger partial charge in [0.1, 0.15) is 0 Å². The number of hydrogen-bond donors (Lipinski definition) is 1. The van der Waals surface area contributed by atoms with Crippen LogP contribution in [0.15, 0.2) is 42.5 Å². The maximum absolute atomic E-state index is 10.4. The summed E-state index contributed by atoms with van der Waals surface area (Å²) in [7, 11) is 0. The lowest BCUT2D eigenvalue weighted by Crippen LogP contribution is -2.27. The predicted molar refractivity (Wildman–Crippen MR) is 90.5 cm³/mol. The first-order valence-electron chi connectivity index (χ1n) is 8.13. The van der Waals surface area contributed by atoms with E-state index >= 15 is 0 Å². The van der Waals surface area contributed by atoms with E-state index in [-0.39, 0.29) is 6.10 Å². The molecule has 1 atom stereocenters. The molecule has 2 nitrogen and oxygen atoms in total. The third kappa shape index (κ3) is 4.55. The summed E-state index contributed by atoms with van der Waals surface area (Å²) in [6, 6.07) is 14.6. The zero-order valence-corrected chi connectivity index (χ0v) is 13.3. The van der Waals surface area contributed by atoms with Crippen LogP contribution in [0.1, 0.15) is 44.8 Å². The van der Waals surface area contributed by atoms with Gasteiger partial charge in [-0.3, -0.25) is 0 Å². The van der Waals surface area contributed by atoms with E-state index in [1.165, 1.54) is 23.6 Å².